The summed E-state index contributed by atoms with van der Waals surface area (Å²) in [7, 11) is 0. The largest absolute Gasteiger partial charge is 0.444 e. The number of rotatable bonds is 10. The fourth-order valence-electron chi connectivity index (χ4n) is 4.19. The van der Waals surface area contributed by atoms with Crippen LogP contribution in [0, 0.1) is 0 Å². The lowest BCUT2D eigenvalue weighted by atomic mass is 10.1. The van der Waals surface area contributed by atoms with Gasteiger partial charge in [0.15, 0.2) is 0 Å². The number of nitrogens with zero attached hydrogens (tertiary/aromatic N) is 3. The first-order valence-electron chi connectivity index (χ1n) is 11.6. The molecule has 1 saturated heterocycles. The van der Waals surface area contributed by atoms with Crippen LogP contribution in [-0.2, 0) is 13.0 Å². The summed E-state index contributed by atoms with van der Waals surface area (Å²) in [6, 6.07) is 21.1. The van der Waals surface area contributed by atoms with Gasteiger partial charge in [0.2, 0.25) is 5.89 Å². The first-order valence-corrected chi connectivity index (χ1v) is 11.6. The van der Waals surface area contributed by atoms with Gasteiger partial charge in [-0.15, -0.1) is 0 Å². The van der Waals surface area contributed by atoms with Crippen molar-refractivity contribution in [2.45, 2.75) is 32.7 Å². The quantitative estimate of drug-likeness (QED) is 0.488. The third-order valence-electron chi connectivity index (χ3n) is 5.86. The molecule has 31 heavy (non-hydrogen) atoms. The van der Waals surface area contributed by atoms with Gasteiger partial charge in [-0.3, -0.25) is 4.90 Å². The second-order valence-electron chi connectivity index (χ2n) is 8.19. The van der Waals surface area contributed by atoms with Gasteiger partial charge in [-0.25, -0.2) is 4.98 Å². The first kappa shape index (κ1) is 21.6. The summed E-state index contributed by atoms with van der Waals surface area (Å²) in [6.07, 6.45) is 3.12. The standard InChI is InChI=1S/C26H34N4O/c1-2-10-24-26(22-11-5-3-6-12-22)28-25(31-24)21-27-15-9-16-29-17-19-30(20-18-29)23-13-7-4-8-14-23/h3-8,11-14,27H,2,9-10,15-21H2,1H3. The maximum absolute atomic E-state index is 6.07. The zero-order chi connectivity index (χ0) is 21.3. The molecule has 5 nitrogen and oxygen atoms in total. The molecule has 1 aromatic heterocycles. The van der Waals surface area contributed by atoms with E-state index in [1.54, 1.807) is 0 Å². The molecule has 2 aromatic carbocycles. The van der Waals surface area contributed by atoms with E-state index >= 15 is 0 Å². The number of nitrogens with one attached hydrogen (secondary N) is 1. The zero-order valence-electron chi connectivity index (χ0n) is 18.6. The Kier molecular flexibility index (Phi) is 7.75. The second-order valence-corrected chi connectivity index (χ2v) is 8.19. The molecule has 0 unspecified atom stereocenters. The van der Waals surface area contributed by atoms with Crippen molar-refractivity contribution in [2.24, 2.45) is 0 Å². The van der Waals surface area contributed by atoms with E-state index in [-0.39, 0.29) is 0 Å². The predicted molar refractivity (Wildman–Crippen MR) is 127 cm³/mol. The Balaban J connectivity index is 1.18. The Morgan fingerprint density at radius 3 is 2.35 bits per heavy atom. The lowest BCUT2D eigenvalue weighted by Crippen LogP contribution is -2.46. The number of anilines is 1. The molecule has 5 heteroatoms. The van der Waals surface area contributed by atoms with Crippen molar-refractivity contribution in [1.29, 1.82) is 0 Å². The van der Waals surface area contributed by atoms with Crippen LogP contribution in [0.5, 0.6) is 0 Å². The van der Waals surface area contributed by atoms with Crippen molar-refractivity contribution in [3.63, 3.8) is 0 Å². The Labute approximate surface area is 186 Å². The molecule has 1 N–H and O–H groups in total. The normalized spacial score (nSPS) is 14.8. The number of para-hydroxylation sites is 1. The molecule has 164 valence electrons. The minimum absolute atomic E-state index is 0.686. The molecule has 4 rings (SSSR count). The van der Waals surface area contributed by atoms with Crippen molar-refractivity contribution in [3.8, 4) is 11.3 Å². The van der Waals surface area contributed by atoms with Gasteiger partial charge < -0.3 is 14.6 Å². The third-order valence-corrected chi connectivity index (χ3v) is 5.86. The topological polar surface area (TPSA) is 44.5 Å². The molecule has 2 heterocycles. The van der Waals surface area contributed by atoms with E-state index in [2.05, 4.69) is 76.6 Å². The van der Waals surface area contributed by atoms with Crippen LogP contribution < -0.4 is 10.2 Å². The van der Waals surface area contributed by atoms with E-state index < -0.39 is 0 Å². The average Bonchev–Trinajstić information content (AvgIpc) is 3.23. The van der Waals surface area contributed by atoms with Crippen LogP contribution in [0.3, 0.4) is 0 Å². The molecule has 0 spiro atoms. The number of aryl methyl sites for hydroxylation is 1. The van der Waals surface area contributed by atoms with Gasteiger partial charge in [0.1, 0.15) is 11.5 Å². The van der Waals surface area contributed by atoms with Gasteiger partial charge in [0, 0.05) is 43.9 Å². The maximum atomic E-state index is 6.07. The summed E-state index contributed by atoms with van der Waals surface area (Å²) in [5.74, 6) is 1.79. The molecule has 0 atom stereocenters. The van der Waals surface area contributed by atoms with E-state index in [1.165, 1.54) is 5.69 Å². The lowest BCUT2D eigenvalue weighted by molar-refractivity contribution is 0.253. The van der Waals surface area contributed by atoms with Crippen molar-refractivity contribution < 1.29 is 4.42 Å². The Bertz CT molecular complexity index is 902. The molecule has 0 saturated carbocycles. The lowest BCUT2D eigenvalue weighted by Gasteiger charge is -2.36. The molecule has 3 aromatic rings. The van der Waals surface area contributed by atoms with Crippen molar-refractivity contribution in [1.82, 2.24) is 15.2 Å². The molecule has 0 radical (unpaired) electrons. The van der Waals surface area contributed by atoms with Gasteiger partial charge >= 0.3 is 0 Å². The number of aromatic nitrogens is 1. The number of oxazole rings is 1. The monoisotopic (exact) mass is 418 g/mol. The number of hydrogen-bond acceptors (Lipinski definition) is 5. The van der Waals surface area contributed by atoms with Crippen LogP contribution in [0.15, 0.2) is 65.1 Å². The summed E-state index contributed by atoms with van der Waals surface area (Å²) in [6.45, 7) is 9.46. The summed E-state index contributed by atoms with van der Waals surface area (Å²) in [4.78, 5) is 9.83. The summed E-state index contributed by atoms with van der Waals surface area (Å²) in [5, 5.41) is 3.52. The van der Waals surface area contributed by atoms with Crippen molar-refractivity contribution >= 4 is 5.69 Å². The Morgan fingerprint density at radius 1 is 0.935 bits per heavy atom. The molecule has 0 bridgehead atoms. The van der Waals surface area contributed by atoms with E-state index in [4.69, 9.17) is 9.40 Å². The van der Waals surface area contributed by atoms with E-state index in [1.807, 2.05) is 6.07 Å². The van der Waals surface area contributed by atoms with Crippen molar-refractivity contribution in [3.05, 3.63) is 72.3 Å². The van der Waals surface area contributed by atoms with Crippen LogP contribution in [0.4, 0.5) is 5.69 Å². The highest BCUT2D eigenvalue weighted by atomic mass is 16.4. The van der Waals surface area contributed by atoms with Crippen LogP contribution in [-0.4, -0.2) is 49.2 Å². The predicted octanol–water partition coefficient (Wildman–Crippen LogP) is 4.60. The Morgan fingerprint density at radius 2 is 1.65 bits per heavy atom. The van der Waals surface area contributed by atoms with Gasteiger partial charge in [0.05, 0.1) is 6.54 Å². The van der Waals surface area contributed by atoms with Crippen molar-refractivity contribution in [2.75, 3.05) is 44.2 Å². The molecular weight excluding hydrogens is 384 g/mol. The summed E-state index contributed by atoms with van der Waals surface area (Å²) in [5.41, 5.74) is 3.47. The smallest absolute Gasteiger partial charge is 0.208 e. The van der Waals surface area contributed by atoms with Gasteiger partial charge in [0.25, 0.3) is 0 Å². The second kappa shape index (κ2) is 11.1. The van der Waals surface area contributed by atoms with Gasteiger partial charge in [-0.2, -0.15) is 0 Å². The van der Waals surface area contributed by atoms with E-state index in [0.29, 0.717) is 6.54 Å². The highest BCUT2D eigenvalue weighted by Gasteiger charge is 2.17. The fraction of sp³-hybridized carbons (Fsp3) is 0.423. The summed E-state index contributed by atoms with van der Waals surface area (Å²) >= 11 is 0. The van der Waals surface area contributed by atoms with Crippen LogP contribution in [0.2, 0.25) is 0 Å². The molecular formula is C26H34N4O. The first-order chi connectivity index (χ1) is 15.3. The zero-order valence-corrected chi connectivity index (χ0v) is 18.6. The third kappa shape index (κ3) is 5.96. The maximum Gasteiger partial charge on any atom is 0.208 e. The van der Waals surface area contributed by atoms with Crippen LogP contribution in [0.25, 0.3) is 11.3 Å². The highest BCUT2D eigenvalue weighted by Crippen LogP contribution is 2.25. The van der Waals surface area contributed by atoms with Gasteiger partial charge in [-0.05, 0) is 38.1 Å². The highest BCUT2D eigenvalue weighted by molar-refractivity contribution is 5.61. The van der Waals surface area contributed by atoms with E-state index in [9.17, 15) is 0 Å². The minimum Gasteiger partial charge on any atom is -0.444 e. The number of benzene rings is 2. The number of piperazine rings is 1. The number of hydrogen-bond donors (Lipinski definition) is 1. The van der Waals surface area contributed by atoms with Gasteiger partial charge in [-0.1, -0.05) is 55.5 Å². The minimum atomic E-state index is 0.686. The summed E-state index contributed by atoms with van der Waals surface area (Å²) < 4.78 is 6.07. The van der Waals surface area contributed by atoms with Crippen LogP contribution >= 0.6 is 0 Å². The molecule has 0 aliphatic carbocycles. The molecule has 1 aliphatic rings. The van der Waals surface area contributed by atoms with Crippen LogP contribution in [0.1, 0.15) is 31.4 Å². The SMILES string of the molecule is CCCc1oc(CNCCCN2CCN(c3ccccc3)CC2)nc1-c1ccccc1. The average molecular weight is 419 g/mol. The van der Waals surface area contributed by atoms with E-state index in [0.717, 1.165) is 81.4 Å². The fourth-order valence-corrected chi connectivity index (χ4v) is 4.19. The molecule has 0 amide bonds. The molecule has 1 fully saturated rings. The Hall–Kier alpha value is -2.63. The molecule has 1 aliphatic heterocycles.